The van der Waals surface area contributed by atoms with Crippen LogP contribution >= 0.6 is 0 Å². The fraction of sp³-hybridized carbons (Fsp3) is 0.462. The molecule has 0 unspecified atom stereocenters. The molecule has 0 radical (unpaired) electrons. The van der Waals surface area contributed by atoms with Crippen LogP contribution in [0.15, 0.2) is 18.2 Å². The number of benzene rings is 1. The summed E-state index contributed by atoms with van der Waals surface area (Å²) in [5.74, 6) is 1.88. The van der Waals surface area contributed by atoms with Gasteiger partial charge in [-0.25, -0.2) is 4.98 Å². The largest absolute Gasteiger partial charge is 0.497 e. The van der Waals surface area contributed by atoms with Crippen LogP contribution in [0.1, 0.15) is 19.2 Å². The van der Waals surface area contributed by atoms with E-state index in [4.69, 9.17) is 4.74 Å². The zero-order valence-electron chi connectivity index (χ0n) is 10.4. The number of aromatic nitrogens is 2. The minimum absolute atomic E-state index is 0.858. The number of aromatic amines is 1. The van der Waals surface area contributed by atoms with E-state index in [2.05, 4.69) is 22.2 Å². The molecule has 0 bridgehead atoms. The van der Waals surface area contributed by atoms with Crippen molar-refractivity contribution in [3.05, 3.63) is 24.0 Å². The molecule has 0 fully saturated rings. The molecule has 0 aliphatic heterocycles. The van der Waals surface area contributed by atoms with Crippen LogP contribution in [0.5, 0.6) is 5.75 Å². The van der Waals surface area contributed by atoms with Crippen molar-refractivity contribution in [1.82, 2.24) is 15.3 Å². The summed E-state index contributed by atoms with van der Waals surface area (Å²) in [4.78, 5) is 7.85. The van der Waals surface area contributed by atoms with Crippen molar-refractivity contribution in [3.8, 4) is 5.75 Å². The summed E-state index contributed by atoms with van der Waals surface area (Å²) >= 11 is 0. The molecule has 2 N–H and O–H groups in total. The quantitative estimate of drug-likeness (QED) is 0.751. The third-order valence-corrected chi connectivity index (χ3v) is 2.70. The fourth-order valence-electron chi connectivity index (χ4n) is 1.80. The van der Waals surface area contributed by atoms with Gasteiger partial charge in [-0.1, -0.05) is 6.92 Å². The van der Waals surface area contributed by atoms with Gasteiger partial charge in [0.15, 0.2) is 0 Å². The number of hydrogen-bond acceptors (Lipinski definition) is 3. The summed E-state index contributed by atoms with van der Waals surface area (Å²) in [5.41, 5.74) is 2.03. The highest BCUT2D eigenvalue weighted by molar-refractivity contribution is 5.76. The number of hydrogen-bond donors (Lipinski definition) is 2. The summed E-state index contributed by atoms with van der Waals surface area (Å²) in [6.07, 6.45) is 2.09. The molecule has 0 saturated carbocycles. The number of fused-ring (bicyclic) bond motifs is 1. The van der Waals surface area contributed by atoms with Crippen molar-refractivity contribution in [2.45, 2.75) is 19.8 Å². The standard InChI is InChI=1S/C13H19N3O/c1-3-7-14-8-6-13-15-11-5-4-10(17-2)9-12(11)16-13/h4-5,9,14H,3,6-8H2,1-2H3,(H,15,16). The lowest BCUT2D eigenvalue weighted by Crippen LogP contribution is -2.18. The number of rotatable bonds is 6. The molecule has 1 aromatic heterocycles. The van der Waals surface area contributed by atoms with E-state index >= 15 is 0 Å². The van der Waals surface area contributed by atoms with Gasteiger partial charge in [-0.05, 0) is 25.1 Å². The summed E-state index contributed by atoms with van der Waals surface area (Å²) in [6, 6.07) is 5.89. The zero-order valence-corrected chi connectivity index (χ0v) is 10.4. The molecule has 1 heterocycles. The van der Waals surface area contributed by atoms with E-state index in [1.54, 1.807) is 7.11 Å². The van der Waals surface area contributed by atoms with Crippen LogP contribution in [0.2, 0.25) is 0 Å². The highest BCUT2D eigenvalue weighted by atomic mass is 16.5. The molecule has 0 spiro atoms. The van der Waals surface area contributed by atoms with Gasteiger partial charge in [-0.15, -0.1) is 0 Å². The van der Waals surface area contributed by atoms with Crippen molar-refractivity contribution < 1.29 is 4.74 Å². The Labute approximate surface area is 101 Å². The van der Waals surface area contributed by atoms with Gasteiger partial charge in [0.25, 0.3) is 0 Å². The second-order valence-electron chi connectivity index (χ2n) is 4.07. The Morgan fingerprint density at radius 1 is 1.35 bits per heavy atom. The molecular weight excluding hydrogens is 214 g/mol. The van der Waals surface area contributed by atoms with E-state index in [1.807, 2.05) is 18.2 Å². The Morgan fingerprint density at radius 3 is 3.00 bits per heavy atom. The second-order valence-corrected chi connectivity index (χ2v) is 4.07. The van der Waals surface area contributed by atoms with Gasteiger partial charge in [-0.2, -0.15) is 0 Å². The monoisotopic (exact) mass is 233 g/mol. The normalized spacial score (nSPS) is 10.9. The Morgan fingerprint density at radius 2 is 2.24 bits per heavy atom. The number of imidazole rings is 1. The molecule has 4 nitrogen and oxygen atoms in total. The predicted octanol–water partition coefficient (Wildman–Crippen LogP) is 2.11. The third kappa shape index (κ3) is 2.97. The maximum Gasteiger partial charge on any atom is 0.121 e. The van der Waals surface area contributed by atoms with Gasteiger partial charge >= 0.3 is 0 Å². The SMILES string of the molecule is CCCNCCc1nc2ccc(OC)cc2[nH]1. The maximum absolute atomic E-state index is 5.18. The smallest absolute Gasteiger partial charge is 0.121 e. The van der Waals surface area contributed by atoms with Crippen molar-refractivity contribution in [2.24, 2.45) is 0 Å². The summed E-state index contributed by atoms with van der Waals surface area (Å²) < 4.78 is 5.18. The highest BCUT2D eigenvalue weighted by Crippen LogP contribution is 2.18. The molecule has 2 rings (SSSR count). The molecule has 17 heavy (non-hydrogen) atoms. The van der Waals surface area contributed by atoms with Gasteiger partial charge in [0.2, 0.25) is 0 Å². The molecule has 0 atom stereocenters. The first-order valence-electron chi connectivity index (χ1n) is 6.07. The average Bonchev–Trinajstić information content (AvgIpc) is 2.76. The molecule has 0 amide bonds. The van der Waals surface area contributed by atoms with Gasteiger partial charge in [-0.3, -0.25) is 0 Å². The Kier molecular flexibility index (Phi) is 3.98. The van der Waals surface area contributed by atoms with E-state index in [9.17, 15) is 0 Å². The second kappa shape index (κ2) is 5.68. The topological polar surface area (TPSA) is 49.9 Å². The summed E-state index contributed by atoms with van der Waals surface area (Å²) in [7, 11) is 1.67. The van der Waals surface area contributed by atoms with E-state index in [0.717, 1.165) is 48.5 Å². The maximum atomic E-state index is 5.18. The van der Waals surface area contributed by atoms with Crippen molar-refractivity contribution in [1.29, 1.82) is 0 Å². The van der Waals surface area contributed by atoms with Crippen LogP contribution in [-0.4, -0.2) is 30.2 Å². The molecule has 1 aromatic carbocycles. The van der Waals surface area contributed by atoms with Gasteiger partial charge in [0.1, 0.15) is 11.6 Å². The minimum atomic E-state index is 0.858. The van der Waals surface area contributed by atoms with Gasteiger partial charge < -0.3 is 15.0 Å². The van der Waals surface area contributed by atoms with Crippen LogP contribution in [0.3, 0.4) is 0 Å². The predicted molar refractivity (Wildman–Crippen MR) is 69.5 cm³/mol. The van der Waals surface area contributed by atoms with Crippen LogP contribution in [-0.2, 0) is 6.42 Å². The lowest BCUT2D eigenvalue weighted by Gasteiger charge is -1.99. The Hall–Kier alpha value is -1.55. The van der Waals surface area contributed by atoms with Crippen molar-refractivity contribution in [3.63, 3.8) is 0 Å². The van der Waals surface area contributed by atoms with Crippen LogP contribution in [0.25, 0.3) is 11.0 Å². The highest BCUT2D eigenvalue weighted by Gasteiger charge is 2.03. The summed E-state index contributed by atoms with van der Waals surface area (Å²) in [6.45, 7) is 4.19. The first-order valence-corrected chi connectivity index (χ1v) is 6.07. The third-order valence-electron chi connectivity index (χ3n) is 2.70. The molecule has 0 aliphatic carbocycles. The molecule has 92 valence electrons. The summed E-state index contributed by atoms with van der Waals surface area (Å²) in [5, 5.41) is 3.37. The number of nitrogens with one attached hydrogen (secondary N) is 2. The van der Waals surface area contributed by atoms with E-state index in [0.29, 0.717) is 0 Å². The molecule has 0 saturated heterocycles. The van der Waals surface area contributed by atoms with E-state index in [-0.39, 0.29) is 0 Å². The minimum Gasteiger partial charge on any atom is -0.497 e. The van der Waals surface area contributed by atoms with Crippen LogP contribution in [0, 0.1) is 0 Å². The van der Waals surface area contributed by atoms with E-state index < -0.39 is 0 Å². The number of methoxy groups -OCH3 is 1. The van der Waals surface area contributed by atoms with Gasteiger partial charge in [0.05, 0.1) is 18.1 Å². The van der Waals surface area contributed by atoms with Crippen molar-refractivity contribution in [2.75, 3.05) is 20.2 Å². The number of nitrogens with zero attached hydrogens (tertiary/aromatic N) is 1. The molecule has 4 heteroatoms. The Balaban J connectivity index is 2.04. The van der Waals surface area contributed by atoms with Gasteiger partial charge in [0, 0.05) is 19.0 Å². The van der Waals surface area contributed by atoms with Crippen LogP contribution < -0.4 is 10.1 Å². The number of H-pyrrole nitrogens is 1. The van der Waals surface area contributed by atoms with Crippen molar-refractivity contribution >= 4 is 11.0 Å². The number of ether oxygens (including phenoxy) is 1. The molecule has 0 aliphatic rings. The molecule has 2 aromatic rings. The lowest BCUT2D eigenvalue weighted by molar-refractivity contribution is 0.415. The van der Waals surface area contributed by atoms with Crippen LogP contribution in [0.4, 0.5) is 0 Å². The Bertz CT molecular complexity index is 478. The fourth-order valence-corrected chi connectivity index (χ4v) is 1.80. The first kappa shape index (κ1) is 11.9. The molecular formula is C13H19N3O. The zero-order chi connectivity index (χ0) is 12.1. The average molecular weight is 233 g/mol. The first-order chi connectivity index (χ1) is 8.33. The van der Waals surface area contributed by atoms with E-state index in [1.165, 1.54) is 0 Å². The lowest BCUT2D eigenvalue weighted by atomic mass is 10.3.